The van der Waals surface area contributed by atoms with Gasteiger partial charge in [0.1, 0.15) is 0 Å². The van der Waals surface area contributed by atoms with Gasteiger partial charge in [0, 0.05) is 0 Å². The molecular weight excluding hydrogens is 148 g/mol. The summed E-state index contributed by atoms with van der Waals surface area (Å²) in [5.74, 6) is 0. The summed E-state index contributed by atoms with van der Waals surface area (Å²) >= 11 is 0. The molecule has 0 spiro atoms. The quantitative estimate of drug-likeness (QED) is 0.472. The van der Waals surface area contributed by atoms with E-state index in [9.17, 15) is 0 Å². The Labute approximate surface area is 72.5 Å². The largest absolute Gasteiger partial charge is 0.260 e. The van der Waals surface area contributed by atoms with E-state index in [4.69, 9.17) is 0 Å². The van der Waals surface area contributed by atoms with E-state index in [-0.39, 0.29) is 0 Å². The summed E-state index contributed by atoms with van der Waals surface area (Å²) < 4.78 is 2.33. The molecule has 1 fully saturated rings. The molecule has 12 heavy (non-hydrogen) atoms. The molecule has 0 saturated heterocycles. The maximum absolute atomic E-state index is 2.33. The highest BCUT2D eigenvalue weighted by molar-refractivity contribution is 5.59. The maximum atomic E-state index is 2.33. The molecule has 0 aromatic heterocycles. The minimum atomic E-state index is 0.648. The van der Waals surface area contributed by atoms with E-state index >= 15 is 0 Å². The lowest BCUT2D eigenvalue weighted by Gasteiger charge is -2.15. The van der Waals surface area contributed by atoms with Gasteiger partial charge in [0.2, 0.25) is 6.34 Å². The first kappa shape index (κ1) is 6.46. The standard InChI is InChI=1S/C10H13N2/c1-11-6-12(2)10-8-4-3-7(5-8)9(10)11/h3-4,6,9-10H,5H2,1-2H3/q+1/t9-,10+. The number of allylic oxidation sites excluding steroid dienone is 2. The number of hydrogen-bond donors (Lipinski definition) is 0. The van der Waals surface area contributed by atoms with E-state index in [1.807, 2.05) is 0 Å². The van der Waals surface area contributed by atoms with Gasteiger partial charge in [-0.15, -0.1) is 0 Å². The van der Waals surface area contributed by atoms with E-state index in [2.05, 4.69) is 42.1 Å². The number of fused-ring (bicyclic) bond motifs is 5. The van der Waals surface area contributed by atoms with Gasteiger partial charge in [0.15, 0.2) is 12.1 Å². The molecule has 2 aliphatic carbocycles. The Morgan fingerprint density at radius 2 is 2.17 bits per heavy atom. The molecule has 1 aliphatic heterocycles. The minimum absolute atomic E-state index is 0.648. The number of nitrogens with zero attached hydrogens (tertiary/aromatic N) is 2. The van der Waals surface area contributed by atoms with Crippen molar-refractivity contribution in [2.24, 2.45) is 0 Å². The van der Waals surface area contributed by atoms with Crippen molar-refractivity contribution >= 4 is 6.34 Å². The Morgan fingerprint density at radius 3 is 2.92 bits per heavy atom. The molecule has 1 heterocycles. The lowest BCUT2D eigenvalue weighted by atomic mass is 10.0. The van der Waals surface area contributed by atoms with E-state index in [1.165, 1.54) is 6.42 Å². The molecule has 0 aromatic rings. The Balaban J connectivity index is 2.10. The van der Waals surface area contributed by atoms with Crippen LogP contribution in [0.25, 0.3) is 0 Å². The van der Waals surface area contributed by atoms with Crippen LogP contribution >= 0.6 is 0 Å². The van der Waals surface area contributed by atoms with Gasteiger partial charge < -0.3 is 0 Å². The highest BCUT2D eigenvalue weighted by atomic mass is 15.3. The Kier molecular flexibility index (Phi) is 0.978. The van der Waals surface area contributed by atoms with Crippen molar-refractivity contribution in [3.05, 3.63) is 23.3 Å². The molecule has 0 radical (unpaired) electrons. The summed E-state index contributed by atoms with van der Waals surface area (Å²) in [6, 6.07) is 1.30. The number of rotatable bonds is 0. The highest BCUT2D eigenvalue weighted by Gasteiger charge is 2.49. The molecule has 0 N–H and O–H groups in total. The molecular formula is C10H13N2+. The van der Waals surface area contributed by atoms with Crippen LogP contribution in [-0.4, -0.2) is 42.0 Å². The van der Waals surface area contributed by atoms with Gasteiger partial charge in [-0.3, -0.25) is 9.48 Å². The highest BCUT2D eigenvalue weighted by Crippen LogP contribution is 2.41. The van der Waals surface area contributed by atoms with Crippen molar-refractivity contribution in [1.82, 2.24) is 4.90 Å². The second-order valence-electron chi connectivity index (χ2n) is 4.00. The molecule has 3 rings (SSSR count). The van der Waals surface area contributed by atoms with E-state index < -0.39 is 0 Å². The third kappa shape index (κ3) is 0.554. The van der Waals surface area contributed by atoms with Crippen LogP contribution in [0.15, 0.2) is 23.3 Å². The lowest BCUT2D eigenvalue weighted by Crippen LogP contribution is -2.34. The third-order valence-corrected chi connectivity index (χ3v) is 3.22. The SMILES string of the molecule is CN1C=[N+](C)[C@H]2C3=CC=C(C3)[C@H]21. The van der Waals surface area contributed by atoms with Gasteiger partial charge in [-0.25, -0.2) is 0 Å². The number of likely N-dealkylation sites (N-methyl/N-ethyl adjacent to an activating group) is 2. The van der Waals surface area contributed by atoms with Crippen molar-refractivity contribution in [3.63, 3.8) is 0 Å². The zero-order valence-corrected chi connectivity index (χ0v) is 7.49. The zero-order chi connectivity index (χ0) is 8.29. The lowest BCUT2D eigenvalue weighted by molar-refractivity contribution is -0.514. The normalized spacial score (nSPS) is 36.5. The van der Waals surface area contributed by atoms with Crippen LogP contribution in [0.2, 0.25) is 0 Å². The van der Waals surface area contributed by atoms with Gasteiger partial charge in [0.25, 0.3) is 0 Å². The van der Waals surface area contributed by atoms with Crippen molar-refractivity contribution < 1.29 is 4.58 Å². The first-order chi connectivity index (χ1) is 5.77. The molecule has 0 unspecified atom stereocenters. The van der Waals surface area contributed by atoms with E-state index in [1.54, 1.807) is 11.1 Å². The first-order valence-electron chi connectivity index (χ1n) is 4.46. The van der Waals surface area contributed by atoms with E-state index in [0.29, 0.717) is 12.1 Å². The monoisotopic (exact) mass is 161 g/mol. The van der Waals surface area contributed by atoms with Gasteiger partial charge in [-0.05, 0) is 17.6 Å². The maximum Gasteiger partial charge on any atom is 0.234 e. The molecule has 2 bridgehead atoms. The number of hydrogen-bond acceptors (Lipinski definition) is 1. The van der Waals surface area contributed by atoms with Crippen LogP contribution in [0.1, 0.15) is 6.42 Å². The fourth-order valence-corrected chi connectivity index (χ4v) is 2.78. The van der Waals surface area contributed by atoms with Gasteiger partial charge >= 0.3 is 0 Å². The average Bonchev–Trinajstić information content (AvgIpc) is 2.64. The van der Waals surface area contributed by atoms with Gasteiger partial charge in [-0.1, -0.05) is 12.2 Å². The minimum Gasteiger partial charge on any atom is -0.260 e. The van der Waals surface area contributed by atoms with Crippen LogP contribution in [0.4, 0.5) is 0 Å². The van der Waals surface area contributed by atoms with Gasteiger partial charge in [-0.2, -0.15) is 0 Å². The van der Waals surface area contributed by atoms with Crippen molar-refractivity contribution in [3.8, 4) is 0 Å². The molecule has 0 amide bonds. The predicted molar refractivity (Wildman–Crippen MR) is 48.4 cm³/mol. The fraction of sp³-hybridized carbons (Fsp3) is 0.500. The third-order valence-electron chi connectivity index (χ3n) is 3.22. The van der Waals surface area contributed by atoms with Crippen LogP contribution in [0, 0.1) is 0 Å². The summed E-state index contributed by atoms with van der Waals surface area (Å²) in [5.41, 5.74) is 3.19. The summed E-state index contributed by atoms with van der Waals surface area (Å²) in [6.45, 7) is 0. The Hall–Kier alpha value is -1.05. The predicted octanol–water partition coefficient (Wildman–Crippen LogP) is 0.610. The fourth-order valence-electron chi connectivity index (χ4n) is 2.78. The van der Waals surface area contributed by atoms with Crippen LogP contribution < -0.4 is 0 Å². The average molecular weight is 161 g/mol. The molecule has 0 aromatic carbocycles. The van der Waals surface area contributed by atoms with Gasteiger partial charge in [0.05, 0.1) is 14.1 Å². The summed E-state index contributed by atoms with van der Waals surface area (Å²) in [6.07, 6.45) is 8.01. The van der Waals surface area contributed by atoms with Crippen molar-refractivity contribution in [2.75, 3.05) is 14.1 Å². The summed E-state index contributed by atoms with van der Waals surface area (Å²) in [4.78, 5) is 2.33. The summed E-state index contributed by atoms with van der Waals surface area (Å²) in [5, 5.41) is 0. The van der Waals surface area contributed by atoms with Crippen LogP contribution in [-0.2, 0) is 0 Å². The van der Waals surface area contributed by atoms with Crippen molar-refractivity contribution in [1.29, 1.82) is 0 Å². The van der Waals surface area contributed by atoms with Crippen LogP contribution in [0.3, 0.4) is 0 Å². The second kappa shape index (κ2) is 1.82. The topological polar surface area (TPSA) is 6.25 Å². The Morgan fingerprint density at radius 1 is 1.42 bits per heavy atom. The first-order valence-corrected chi connectivity index (χ1v) is 4.46. The molecule has 2 nitrogen and oxygen atoms in total. The Bertz CT molecular complexity index is 336. The molecule has 1 saturated carbocycles. The van der Waals surface area contributed by atoms with Crippen LogP contribution in [0.5, 0.6) is 0 Å². The van der Waals surface area contributed by atoms with E-state index in [0.717, 1.165) is 0 Å². The molecule has 2 heteroatoms. The second-order valence-corrected chi connectivity index (χ2v) is 4.00. The zero-order valence-electron chi connectivity index (χ0n) is 7.49. The molecule has 62 valence electrons. The van der Waals surface area contributed by atoms with Crippen molar-refractivity contribution in [2.45, 2.75) is 18.5 Å². The summed E-state index contributed by atoms with van der Waals surface area (Å²) in [7, 11) is 4.34. The molecule has 2 atom stereocenters. The molecule has 3 aliphatic rings. The smallest absolute Gasteiger partial charge is 0.234 e.